The molecule has 0 atom stereocenters. The van der Waals surface area contributed by atoms with Gasteiger partial charge in [-0.05, 0) is 12.1 Å². The van der Waals surface area contributed by atoms with Gasteiger partial charge in [0.2, 0.25) is 0 Å². The molecule has 0 aliphatic heterocycles. The predicted molar refractivity (Wildman–Crippen MR) is 84.6 cm³/mol. The topological polar surface area (TPSA) is 78.1 Å². The van der Waals surface area contributed by atoms with Gasteiger partial charge in [0.25, 0.3) is 10.0 Å². The van der Waals surface area contributed by atoms with Gasteiger partial charge in [0, 0.05) is 20.5 Å². The van der Waals surface area contributed by atoms with Crippen molar-refractivity contribution >= 4 is 33.0 Å². The fourth-order valence-electron chi connectivity index (χ4n) is 1.91. The second-order valence-corrected chi connectivity index (χ2v) is 6.74. The van der Waals surface area contributed by atoms with Gasteiger partial charge in [-0.25, -0.2) is 4.98 Å². The minimum Gasteiger partial charge on any atom is -0.375 e. The molecule has 6 nitrogen and oxygen atoms in total. The summed E-state index contributed by atoms with van der Waals surface area (Å²) in [7, 11) is -0.137. The molecule has 1 heterocycles. The van der Waals surface area contributed by atoms with Crippen molar-refractivity contribution < 1.29 is 8.42 Å². The zero-order chi connectivity index (χ0) is 15.6. The van der Waals surface area contributed by atoms with Gasteiger partial charge in [-0.15, -0.1) is 0 Å². The molecule has 0 aliphatic carbocycles. The summed E-state index contributed by atoms with van der Waals surface area (Å²) in [6, 6.07) is 5.06. The number of benzene rings is 1. The smallest absolute Gasteiger partial charge is 0.279 e. The molecule has 2 N–H and O–H groups in total. The lowest BCUT2D eigenvalue weighted by atomic mass is 10.2. The van der Waals surface area contributed by atoms with E-state index in [-0.39, 0.29) is 5.03 Å². The Morgan fingerprint density at radius 2 is 2.10 bits per heavy atom. The highest BCUT2D eigenvalue weighted by Crippen LogP contribution is 2.33. The number of imidazole rings is 1. The Labute approximate surface area is 129 Å². The Balaban J connectivity index is 2.39. The molecule has 1 aromatic carbocycles. The number of sulfonamides is 1. The molecule has 8 heteroatoms. The molecule has 0 fully saturated rings. The van der Waals surface area contributed by atoms with Crippen LogP contribution >= 0.6 is 11.6 Å². The Morgan fingerprint density at radius 1 is 1.38 bits per heavy atom. The van der Waals surface area contributed by atoms with Gasteiger partial charge < -0.3 is 9.88 Å². The van der Waals surface area contributed by atoms with Crippen molar-refractivity contribution in [2.75, 3.05) is 23.7 Å². The lowest BCUT2D eigenvalue weighted by Crippen LogP contribution is -2.17. The minimum atomic E-state index is -3.73. The third-order valence-corrected chi connectivity index (χ3v) is 4.49. The van der Waals surface area contributed by atoms with Gasteiger partial charge >= 0.3 is 0 Å². The average molecular weight is 329 g/mol. The van der Waals surface area contributed by atoms with E-state index in [2.05, 4.69) is 14.7 Å². The molecule has 0 saturated carbocycles. The normalized spacial score (nSPS) is 11.4. The van der Waals surface area contributed by atoms with Crippen molar-refractivity contribution in [3.63, 3.8) is 0 Å². The SMILES string of the molecule is CCc1ncc(S(=O)(=O)Nc2cccc(Cl)c2N(C)C)[nH]1. The Morgan fingerprint density at radius 3 is 2.67 bits per heavy atom. The van der Waals surface area contributed by atoms with Crippen molar-refractivity contribution in [1.82, 2.24) is 9.97 Å². The number of anilines is 2. The highest BCUT2D eigenvalue weighted by Gasteiger charge is 2.20. The van der Waals surface area contributed by atoms with Crippen molar-refractivity contribution in [1.29, 1.82) is 0 Å². The van der Waals surface area contributed by atoms with E-state index in [0.29, 0.717) is 28.6 Å². The van der Waals surface area contributed by atoms with Gasteiger partial charge in [0.1, 0.15) is 5.82 Å². The summed E-state index contributed by atoms with van der Waals surface area (Å²) in [5.41, 5.74) is 1.03. The first-order valence-electron chi connectivity index (χ1n) is 6.37. The van der Waals surface area contributed by atoms with Crippen molar-refractivity contribution in [3.8, 4) is 0 Å². The largest absolute Gasteiger partial charge is 0.375 e. The van der Waals surface area contributed by atoms with Crippen molar-refractivity contribution in [2.24, 2.45) is 0 Å². The number of aromatic amines is 1. The van der Waals surface area contributed by atoms with E-state index in [9.17, 15) is 8.42 Å². The van der Waals surface area contributed by atoms with E-state index in [4.69, 9.17) is 11.6 Å². The van der Waals surface area contributed by atoms with Crippen LogP contribution in [-0.2, 0) is 16.4 Å². The highest BCUT2D eigenvalue weighted by atomic mass is 35.5. The molecular formula is C13H17ClN4O2S. The van der Waals surface area contributed by atoms with E-state index >= 15 is 0 Å². The van der Waals surface area contributed by atoms with Crippen LogP contribution in [0.5, 0.6) is 0 Å². The van der Waals surface area contributed by atoms with Crippen molar-refractivity contribution in [2.45, 2.75) is 18.4 Å². The zero-order valence-corrected chi connectivity index (χ0v) is 13.6. The number of aromatic nitrogens is 2. The third kappa shape index (κ3) is 3.30. The van der Waals surface area contributed by atoms with E-state index in [0.717, 1.165) is 0 Å². The minimum absolute atomic E-state index is 0.0315. The quantitative estimate of drug-likeness (QED) is 0.884. The maximum Gasteiger partial charge on any atom is 0.279 e. The molecule has 0 aliphatic rings. The second kappa shape index (κ2) is 5.95. The monoisotopic (exact) mass is 328 g/mol. The number of H-pyrrole nitrogens is 1. The Kier molecular flexibility index (Phi) is 4.43. The van der Waals surface area contributed by atoms with Crippen LogP contribution in [0.2, 0.25) is 5.02 Å². The van der Waals surface area contributed by atoms with Crippen LogP contribution in [0.25, 0.3) is 0 Å². The van der Waals surface area contributed by atoms with E-state index in [1.54, 1.807) is 37.2 Å². The maximum atomic E-state index is 12.4. The molecular weight excluding hydrogens is 312 g/mol. The summed E-state index contributed by atoms with van der Waals surface area (Å²) in [6.07, 6.45) is 1.94. The second-order valence-electron chi connectivity index (χ2n) is 4.68. The zero-order valence-electron chi connectivity index (χ0n) is 12.0. The first-order valence-corrected chi connectivity index (χ1v) is 8.23. The molecule has 21 heavy (non-hydrogen) atoms. The van der Waals surface area contributed by atoms with Crippen LogP contribution < -0.4 is 9.62 Å². The third-order valence-electron chi connectivity index (χ3n) is 2.91. The Hall–Kier alpha value is -1.73. The molecule has 0 bridgehead atoms. The number of para-hydroxylation sites is 1. The molecule has 0 saturated heterocycles. The number of aryl methyl sites for hydroxylation is 1. The van der Waals surface area contributed by atoms with Crippen LogP contribution in [0, 0.1) is 0 Å². The van der Waals surface area contributed by atoms with Crippen LogP contribution in [0.1, 0.15) is 12.7 Å². The van der Waals surface area contributed by atoms with Gasteiger partial charge in [-0.2, -0.15) is 8.42 Å². The van der Waals surface area contributed by atoms with Crippen LogP contribution in [0.3, 0.4) is 0 Å². The molecule has 0 amide bonds. The van der Waals surface area contributed by atoms with Crippen LogP contribution in [0.15, 0.2) is 29.4 Å². The van der Waals surface area contributed by atoms with Crippen LogP contribution in [0.4, 0.5) is 11.4 Å². The first-order chi connectivity index (χ1) is 9.85. The van der Waals surface area contributed by atoms with Gasteiger partial charge in [0.15, 0.2) is 5.03 Å². The molecule has 0 unspecified atom stereocenters. The summed E-state index contributed by atoms with van der Waals surface area (Å²) in [5.74, 6) is 0.620. The lowest BCUT2D eigenvalue weighted by molar-refractivity contribution is 0.598. The average Bonchev–Trinajstić information content (AvgIpc) is 2.87. The van der Waals surface area contributed by atoms with Crippen molar-refractivity contribution in [3.05, 3.63) is 35.2 Å². The van der Waals surface area contributed by atoms with E-state index < -0.39 is 10.0 Å². The molecule has 0 radical (unpaired) electrons. The summed E-state index contributed by atoms with van der Waals surface area (Å²) in [4.78, 5) is 8.54. The number of rotatable bonds is 5. The summed E-state index contributed by atoms with van der Waals surface area (Å²) in [6.45, 7) is 1.89. The number of hydrogen-bond acceptors (Lipinski definition) is 4. The number of hydrogen-bond donors (Lipinski definition) is 2. The standard InChI is InChI=1S/C13H17ClN4O2S/c1-4-11-15-8-12(16-11)21(19,20)17-10-7-5-6-9(14)13(10)18(2)3/h5-8,17H,4H2,1-3H3,(H,15,16). The first kappa shape index (κ1) is 15.7. The van der Waals surface area contributed by atoms with Gasteiger partial charge in [0.05, 0.1) is 22.6 Å². The van der Waals surface area contributed by atoms with E-state index in [1.165, 1.54) is 6.20 Å². The molecule has 0 spiro atoms. The molecule has 2 aromatic rings. The van der Waals surface area contributed by atoms with Crippen LogP contribution in [-0.4, -0.2) is 32.5 Å². The molecule has 114 valence electrons. The fraction of sp³-hybridized carbons (Fsp3) is 0.308. The summed E-state index contributed by atoms with van der Waals surface area (Å²) >= 11 is 6.13. The molecule has 1 aromatic heterocycles. The number of nitrogens with one attached hydrogen (secondary N) is 2. The fourth-order valence-corrected chi connectivity index (χ4v) is 3.26. The highest BCUT2D eigenvalue weighted by molar-refractivity contribution is 7.92. The maximum absolute atomic E-state index is 12.4. The van der Waals surface area contributed by atoms with Gasteiger partial charge in [-0.3, -0.25) is 4.72 Å². The Bertz CT molecular complexity index is 740. The number of halogens is 1. The summed E-state index contributed by atoms with van der Waals surface area (Å²) in [5, 5.41) is 0.503. The predicted octanol–water partition coefficient (Wildman–Crippen LogP) is 2.49. The van der Waals surface area contributed by atoms with E-state index in [1.807, 2.05) is 6.92 Å². The molecule has 2 rings (SSSR count). The van der Waals surface area contributed by atoms with Gasteiger partial charge in [-0.1, -0.05) is 24.6 Å². The number of nitrogens with zero attached hydrogens (tertiary/aromatic N) is 2. The lowest BCUT2D eigenvalue weighted by Gasteiger charge is -2.19. The summed E-state index contributed by atoms with van der Waals surface area (Å²) < 4.78 is 27.3.